The number of hydrogen-bond donors (Lipinski definition) is 3. The van der Waals surface area contributed by atoms with Gasteiger partial charge in [0.2, 0.25) is 10.0 Å². The molecule has 0 saturated heterocycles. The van der Waals surface area contributed by atoms with Gasteiger partial charge in [-0.1, -0.05) is 29.4 Å². The van der Waals surface area contributed by atoms with Crippen LogP contribution in [0.3, 0.4) is 0 Å². The largest absolute Gasteiger partial charge is 0.365 e. The summed E-state index contributed by atoms with van der Waals surface area (Å²) in [5, 5.41) is 8.13. The highest BCUT2D eigenvalue weighted by Gasteiger charge is 2.18. The Kier molecular flexibility index (Phi) is 5.09. The Hall–Kier alpha value is -1.88. The molecular weight excluding hydrogens is 362 g/mol. The van der Waals surface area contributed by atoms with Crippen LogP contribution in [0.5, 0.6) is 0 Å². The summed E-state index contributed by atoms with van der Waals surface area (Å²) < 4.78 is 22.8. The van der Waals surface area contributed by atoms with Crippen molar-refractivity contribution in [2.45, 2.75) is 10.1 Å². The molecule has 0 radical (unpaired) electrons. The monoisotopic (exact) mass is 373 g/mol. The van der Waals surface area contributed by atoms with Crippen molar-refractivity contribution in [2.75, 3.05) is 11.6 Å². The van der Waals surface area contributed by atoms with Gasteiger partial charge in [-0.25, -0.2) is 23.5 Å². The Morgan fingerprint density at radius 1 is 1.35 bits per heavy atom. The van der Waals surface area contributed by atoms with Crippen molar-refractivity contribution in [3.63, 3.8) is 0 Å². The molecule has 0 unspecified atom stereocenters. The van der Waals surface area contributed by atoms with Crippen LogP contribution in [0.25, 0.3) is 0 Å². The van der Waals surface area contributed by atoms with Crippen molar-refractivity contribution in [3.05, 3.63) is 35.0 Å². The molecule has 1 aromatic heterocycles. The highest BCUT2D eigenvalue weighted by Crippen LogP contribution is 2.27. The number of thioether (sulfide) groups is 1. The minimum absolute atomic E-state index is 0.0772. The molecule has 1 amide bonds. The van der Waals surface area contributed by atoms with Gasteiger partial charge in [-0.15, -0.1) is 0 Å². The second kappa shape index (κ2) is 6.71. The molecule has 23 heavy (non-hydrogen) atoms. The summed E-state index contributed by atoms with van der Waals surface area (Å²) in [4.78, 5) is 19.5. The third-order valence-electron chi connectivity index (χ3n) is 2.70. The summed E-state index contributed by atoms with van der Waals surface area (Å²) in [6.07, 6.45) is 1.74. The molecular formula is C12H12ClN5O3S2. The Balaban J connectivity index is 2.51. The number of nitrogens with two attached hydrogens (primary N) is 2. The number of sulfonamides is 1. The fraction of sp³-hybridized carbons (Fsp3) is 0.0833. The normalized spacial score (nSPS) is 11.3. The number of nitrogens with one attached hydrogen (secondary N) is 1. The maximum atomic E-state index is 11.6. The molecule has 11 heteroatoms. The molecule has 2 rings (SSSR count). The number of carbonyl (C=O) groups is 1. The average molecular weight is 374 g/mol. The molecule has 0 aliphatic rings. The zero-order chi connectivity index (χ0) is 17.2. The minimum Gasteiger partial charge on any atom is -0.365 e. The predicted octanol–water partition coefficient (Wildman–Crippen LogP) is 1.34. The van der Waals surface area contributed by atoms with E-state index >= 15 is 0 Å². The van der Waals surface area contributed by atoms with Crippen molar-refractivity contribution >= 4 is 50.8 Å². The molecule has 0 spiro atoms. The molecule has 1 aromatic carbocycles. The number of rotatable bonds is 5. The number of carbonyl (C=O) groups excluding carboxylic acids is 1. The topological polar surface area (TPSA) is 141 Å². The third kappa shape index (κ3) is 4.10. The van der Waals surface area contributed by atoms with Gasteiger partial charge in [0.25, 0.3) is 5.91 Å². The molecule has 0 aliphatic heterocycles. The van der Waals surface area contributed by atoms with Gasteiger partial charge in [0, 0.05) is 5.69 Å². The maximum Gasteiger partial charge on any atom is 0.255 e. The molecule has 0 saturated carbocycles. The number of aromatic nitrogens is 2. The number of halogens is 1. The van der Waals surface area contributed by atoms with Gasteiger partial charge in [0.1, 0.15) is 16.5 Å². The SMILES string of the molecule is CSc1nc(Cl)c(C(N)=O)c(Nc2cccc(S(N)(=O)=O)c2)n1. The molecule has 2 aromatic rings. The highest BCUT2D eigenvalue weighted by atomic mass is 35.5. The van der Waals surface area contributed by atoms with Crippen LogP contribution in [0, 0.1) is 0 Å². The van der Waals surface area contributed by atoms with Crippen molar-refractivity contribution in [3.8, 4) is 0 Å². The number of anilines is 2. The predicted molar refractivity (Wildman–Crippen MR) is 88.4 cm³/mol. The van der Waals surface area contributed by atoms with Gasteiger partial charge in [0.05, 0.1) is 4.90 Å². The molecule has 122 valence electrons. The van der Waals surface area contributed by atoms with Crippen LogP contribution in [0.2, 0.25) is 5.15 Å². The van der Waals surface area contributed by atoms with Gasteiger partial charge >= 0.3 is 0 Å². The van der Waals surface area contributed by atoms with E-state index in [0.29, 0.717) is 10.8 Å². The lowest BCUT2D eigenvalue weighted by atomic mass is 10.2. The second-order valence-electron chi connectivity index (χ2n) is 4.29. The van der Waals surface area contributed by atoms with E-state index in [-0.39, 0.29) is 21.4 Å². The molecule has 0 aliphatic carbocycles. The van der Waals surface area contributed by atoms with E-state index in [1.165, 1.54) is 30.0 Å². The van der Waals surface area contributed by atoms with Gasteiger partial charge in [0.15, 0.2) is 5.16 Å². The van der Waals surface area contributed by atoms with Gasteiger partial charge in [-0.3, -0.25) is 4.79 Å². The van der Waals surface area contributed by atoms with Crippen LogP contribution in [0.15, 0.2) is 34.3 Å². The second-order valence-corrected chi connectivity index (χ2v) is 6.98. The maximum absolute atomic E-state index is 11.6. The van der Waals surface area contributed by atoms with Crippen molar-refractivity contribution < 1.29 is 13.2 Å². The number of benzene rings is 1. The summed E-state index contributed by atoms with van der Waals surface area (Å²) in [5.74, 6) is -0.735. The standard InChI is InChI=1S/C12H12ClN5O3S2/c1-22-12-17-9(13)8(10(14)19)11(18-12)16-6-3-2-4-7(5-6)23(15,20)21/h2-5H,1H3,(H2,14,19)(H2,15,20,21)(H,16,17,18). The summed E-state index contributed by atoms with van der Waals surface area (Å²) in [6, 6.07) is 5.71. The number of hydrogen-bond acceptors (Lipinski definition) is 7. The van der Waals surface area contributed by atoms with Gasteiger partial charge in [-0.05, 0) is 24.5 Å². The number of amides is 1. The van der Waals surface area contributed by atoms with Crippen LogP contribution in [-0.4, -0.2) is 30.5 Å². The zero-order valence-electron chi connectivity index (χ0n) is 11.8. The molecule has 1 heterocycles. The number of primary amides is 1. The third-order valence-corrected chi connectivity index (χ3v) is 4.43. The Morgan fingerprint density at radius 2 is 2.04 bits per heavy atom. The fourth-order valence-corrected chi connectivity index (χ4v) is 2.94. The molecule has 5 N–H and O–H groups in total. The summed E-state index contributed by atoms with van der Waals surface area (Å²) in [7, 11) is -3.86. The summed E-state index contributed by atoms with van der Waals surface area (Å²) in [6.45, 7) is 0. The quantitative estimate of drug-likeness (QED) is 0.408. The first kappa shape index (κ1) is 17.5. The lowest BCUT2D eigenvalue weighted by Gasteiger charge is -2.12. The zero-order valence-corrected chi connectivity index (χ0v) is 14.2. The lowest BCUT2D eigenvalue weighted by molar-refractivity contribution is 0.100. The van der Waals surface area contributed by atoms with E-state index in [0.717, 1.165) is 0 Å². The molecule has 0 fully saturated rings. The van der Waals surface area contributed by atoms with Gasteiger partial charge in [-0.2, -0.15) is 0 Å². The fourth-order valence-electron chi connectivity index (χ4n) is 1.70. The van der Waals surface area contributed by atoms with Crippen LogP contribution >= 0.6 is 23.4 Å². The van der Waals surface area contributed by atoms with E-state index in [4.69, 9.17) is 22.5 Å². The Labute approximate surface area is 141 Å². The van der Waals surface area contributed by atoms with E-state index < -0.39 is 15.9 Å². The van der Waals surface area contributed by atoms with E-state index in [2.05, 4.69) is 15.3 Å². The van der Waals surface area contributed by atoms with Crippen LogP contribution in [-0.2, 0) is 10.0 Å². The molecule has 0 bridgehead atoms. The first-order valence-corrected chi connectivity index (χ1v) is 9.18. The Morgan fingerprint density at radius 3 is 2.61 bits per heavy atom. The minimum atomic E-state index is -3.86. The lowest BCUT2D eigenvalue weighted by Crippen LogP contribution is -2.16. The summed E-state index contributed by atoms with van der Waals surface area (Å²) in [5.41, 5.74) is 5.55. The smallest absolute Gasteiger partial charge is 0.255 e. The van der Waals surface area contributed by atoms with Gasteiger partial charge < -0.3 is 11.1 Å². The average Bonchev–Trinajstić information content (AvgIpc) is 2.45. The molecule has 0 atom stereocenters. The number of primary sulfonamides is 1. The van der Waals surface area contributed by atoms with E-state index in [1.807, 2.05) is 0 Å². The van der Waals surface area contributed by atoms with Crippen molar-refractivity contribution in [1.29, 1.82) is 0 Å². The van der Waals surface area contributed by atoms with E-state index in [9.17, 15) is 13.2 Å². The number of nitrogens with zero attached hydrogens (tertiary/aromatic N) is 2. The summed E-state index contributed by atoms with van der Waals surface area (Å²) >= 11 is 7.18. The van der Waals surface area contributed by atoms with Crippen molar-refractivity contribution in [2.24, 2.45) is 10.9 Å². The van der Waals surface area contributed by atoms with Crippen molar-refractivity contribution in [1.82, 2.24) is 9.97 Å². The first-order valence-electron chi connectivity index (χ1n) is 6.03. The van der Waals surface area contributed by atoms with Crippen LogP contribution in [0.1, 0.15) is 10.4 Å². The van der Waals surface area contributed by atoms with E-state index in [1.54, 1.807) is 12.3 Å². The molecule has 8 nitrogen and oxygen atoms in total. The highest BCUT2D eigenvalue weighted by molar-refractivity contribution is 7.98. The van der Waals surface area contributed by atoms with Crippen LogP contribution in [0.4, 0.5) is 11.5 Å². The Bertz CT molecular complexity index is 873. The first-order chi connectivity index (χ1) is 10.7. The van der Waals surface area contributed by atoms with Crippen LogP contribution < -0.4 is 16.2 Å².